The predicted molar refractivity (Wildman–Crippen MR) is 115 cm³/mol. The molecule has 2 aromatic heterocycles. The summed E-state index contributed by atoms with van der Waals surface area (Å²) in [6, 6.07) is 12.2. The van der Waals surface area contributed by atoms with Crippen LogP contribution in [0.5, 0.6) is 0 Å². The fourth-order valence-corrected chi connectivity index (χ4v) is 3.67. The highest BCUT2D eigenvalue weighted by Gasteiger charge is 2.23. The van der Waals surface area contributed by atoms with Gasteiger partial charge >= 0.3 is 0 Å². The summed E-state index contributed by atoms with van der Waals surface area (Å²) in [6.45, 7) is 1.52. The van der Waals surface area contributed by atoms with Crippen molar-refractivity contribution in [3.05, 3.63) is 60.6 Å². The second-order valence-corrected chi connectivity index (χ2v) is 7.47. The first-order valence-corrected chi connectivity index (χ1v) is 10.0. The fourth-order valence-electron chi connectivity index (χ4n) is 3.67. The van der Waals surface area contributed by atoms with Crippen molar-refractivity contribution in [1.82, 2.24) is 14.5 Å². The molecule has 0 aliphatic heterocycles. The number of rotatable bonds is 6. The van der Waals surface area contributed by atoms with Crippen LogP contribution >= 0.6 is 0 Å². The Morgan fingerprint density at radius 3 is 2.55 bits per heavy atom. The highest BCUT2D eigenvalue weighted by Crippen LogP contribution is 2.24. The summed E-state index contributed by atoms with van der Waals surface area (Å²) >= 11 is 0. The Hall–Kier alpha value is -3.19. The summed E-state index contributed by atoms with van der Waals surface area (Å²) in [6.07, 6.45) is 9.88. The molecular weight excluding hydrogens is 364 g/mol. The molecule has 2 heterocycles. The van der Waals surface area contributed by atoms with Crippen LogP contribution in [-0.4, -0.2) is 32.4 Å². The SMILES string of the molecule is CC(=O)c1cnc(N[C@@H]2CCCC[C@@H]2N)nc1Nc1ccc(-n2cccc2)cc1. The molecular formula is C22H26N6O. The molecule has 0 spiro atoms. The minimum Gasteiger partial charge on any atom is -0.350 e. The summed E-state index contributed by atoms with van der Waals surface area (Å²) in [5.41, 5.74) is 8.60. The number of nitrogens with zero attached hydrogens (tertiary/aromatic N) is 3. The van der Waals surface area contributed by atoms with E-state index in [0.29, 0.717) is 17.3 Å². The number of anilines is 3. The van der Waals surface area contributed by atoms with Crippen LogP contribution in [0.2, 0.25) is 0 Å². The zero-order valence-electron chi connectivity index (χ0n) is 16.5. The van der Waals surface area contributed by atoms with Gasteiger partial charge in [0.1, 0.15) is 5.82 Å². The van der Waals surface area contributed by atoms with Gasteiger partial charge in [0.25, 0.3) is 0 Å². The first-order valence-electron chi connectivity index (χ1n) is 10.0. The molecule has 0 bridgehead atoms. The summed E-state index contributed by atoms with van der Waals surface area (Å²) in [5.74, 6) is 0.897. The molecule has 2 atom stereocenters. The lowest BCUT2D eigenvalue weighted by Crippen LogP contribution is -2.43. The van der Waals surface area contributed by atoms with Crippen molar-refractivity contribution in [2.45, 2.75) is 44.7 Å². The van der Waals surface area contributed by atoms with Crippen LogP contribution in [0.4, 0.5) is 17.5 Å². The minimum atomic E-state index is -0.0858. The number of nitrogens with two attached hydrogens (primary N) is 1. The quantitative estimate of drug-likeness (QED) is 0.552. The standard InChI is InChI=1S/C22H26N6O/c1-15(29)18-14-24-22(26-20-7-3-2-6-19(20)23)27-21(18)25-16-8-10-17(11-9-16)28-12-4-5-13-28/h4-5,8-14,19-20H,2-3,6-7,23H2,1H3,(H2,24,25,26,27)/t19-,20+/m0/s1. The van der Waals surface area contributed by atoms with Crippen molar-refractivity contribution in [3.63, 3.8) is 0 Å². The Bertz CT molecular complexity index is 967. The minimum absolute atomic E-state index is 0.0858. The van der Waals surface area contributed by atoms with Crippen molar-refractivity contribution in [2.75, 3.05) is 10.6 Å². The Kier molecular flexibility index (Phi) is 5.57. The number of nitrogens with one attached hydrogen (secondary N) is 2. The Morgan fingerprint density at radius 1 is 1.14 bits per heavy atom. The second kappa shape index (κ2) is 8.45. The average molecular weight is 390 g/mol. The maximum Gasteiger partial charge on any atom is 0.224 e. The van der Waals surface area contributed by atoms with Gasteiger partial charge in [0.05, 0.1) is 5.56 Å². The number of carbonyl (C=O) groups is 1. The molecule has 0 amide bonds. The molecule has 7 heteroatoms. The third-order valence-corrected chi connectivity index (χ3v) is 5.33. The van der Waals surface area contributed by atoms with E-state index in [9.17, 15) is 4.79 Å². The van der Waals surface area contributed by atoms with Crippen LogP contribution in [0, 0.1) is 0 Å². The molecule has 1 aliphatic rings. The van der Waals surface area contributed by atoms with Gasteiger partial charge in [-0.15, -0.1) is 0 Å². The van der Waals surface area contributed by atoms with Gasteiger partial charge in [-0.1, -0.05) is 12.8 Å². The maximum absolute atomic E-state index is 12.1. The van der Waals surface area contributed by atoms with Gasteiger partial charge in [0.2, 0.25) is 5.95 Å². The summed E-state index contributed by atoms with van der Waals surface area (Å²) in [7, 11) is 0. The third kappa shape index (κ3) is 4.46. The monoisotopic (exact) mass is 390 g/mol. The molecule has 4 rings (SSSR count). The van der Waals surface area contributed by atoms with Gasteiger partial charge in [-0.2, -0.15) is 4.98 Å². The largest absolute Gasteiger partial charge is 0.350 e. The number of Topliss-reactive ketones (excluding diaryl/α,β-unsaturated/α-hetero) is 1. The zero-order valence-corrected chi connectivity index (χ0v) is 16.5. The van der Waals surface area contributed by atoms with Gasteiger partial charge < -0.3 is 20.9 Å². The van der Waals surface area contributed by atoms with E-state index in [2.05, 4.69) is 20.6 Å². The van der Waals surface area contributed by atoms with Gasteiger partial charge in [0, 0.05) is 42.0 Å². The highest BCUT2D eigenvalue weighted by molar-refractivity contribution is 5.99. The molecule has 7 nitrogen and oxygen atoms in total. The highest BCUT2D eigenvalue weighted by atomic mass is 16.1. The van der Waals surface area contributed by atoms with Crippen LogP contribution in [0.3, 0.4) is 0 Å². The van der Waals surface area contributed by atoms with Gasteiger partial charge in [0.15, 0.2) is 5.78 Å². The molecule has 1 fully saturated rings. The lowest BCUT2D eigenvalue weighted by atomic mass is 9.91. The molecule has 0 saturated heterocycles. The van der Waals surface area contributed by atoms with E-state index in [0.717, 1.165) is 37.1 Å². The normalized spacial score (nSPS) is 19.0. The predicted octanol–water partition coefficient (Wildman–Crippen LogP) is 3.90. The maximum atomic E-state index is 12.1. The molecule has 4 N–H and O–H groups in total. The number of hydrogen-bond donors (Lipinski definition) is 3. The molecule has 1 saturated carbocycles. The number of aromatic nitrogens is 3. The molecule has 1 aromatic carbocycles. The van der Waals surface area contributed by atoms with E-state index in [1.807, 2.05) is 53.4 Å². The van der Waals surface area contributed by atoms with Crippen LogP contribution in [0.15, 0.2) is 55.0 Å². The average Bonchev–Trinajstić information content (AvgIpc) is 3.25. The second-order valence-electron chi connectivity index (χ2n) is 7.47. The van der Waals surface area contributed by atoms with Gasteiger partial charge in [-0.05, 0) is 56.2 Å². The fraction of sp³-hybridized carbons (Fsp3) is 0.318. The molecule has 0 radical (unpaired) electrons. The lowest BCUT2D eigenvalue weighted by molar-refractivity contribution is 0.101. The summed E-state index contributed by atoms with van der Waals surface area (Å²) in [4.78, 5) is 21.0. The molecule has 3 aromatic rings. The van der Waals surface area contributed by atoms with Crippen molar-refractivity contribution in [2.24, 2.45) is 5.73 Å². The van der Waals surface area contributed by atoms with E-state index in [1.165, 1.54) is 6.92 Å². The first-order chi connectivity index (χ1) is 14.1. The van der Waals surface area contributed by atoms with Crippen LogP contribution in [0.25, 0.3) is 5.69 Å². The van der Waals surface area contributed by atoms with E-state index in [4.69, 9.17) is 5.73 Å². The van der Waals surface area contributed by atoms with E-state index in [1.54, 1.807) is 6.20 Å². The number of carbonyl (C=O) groups excluding carboxylic acids is 1. The third-order valence-electron chi connectivity index (χ3n) is 5.33. The Balaban J connectivity index is 1.55. The molecule has 29 heavy (non-hydrogen) atoms. The van der Waals surface area contributed by atoms with Crippen LogP contribution in [-0.2, 0) is 0 Å². The van der Waals surface area contributed by atoms with E-state index in [-0.39, 0.29) is 17.9 Å². The molecule has 1 aliphatic carbocycles. The van der Waals surface area contributed by atoms with Crippen LogP contribution in [0.1, 0.15) is 43.0 Å². The Morgan fingerprint density at radius 2 is 1.86 bits per heavy atom. The smallest absolute Gasteiger partial charge is 0.224 e. The number of hydrogen-bond acceptors (Lipinski definition) is 6. The van der Waals surface area contributed by atoms with Crippen LogP contribution < -0.4 is 16.4 Å². The van der Waals surface area contributed by atoms with Crippen molar-refractivity contribution in [3.8, 4) is 5.69 Å². The lowest BCUT2D eigenvalue weighted by Gasteiger charge is -2.29. The number of benzene rings is 1. The molecule has 150 valence electrons. The van der Waals surface area contributed by atoms with Crippen molar-refractivity contribution >= 4 is 23.2 Å². The topological polar surface area (TPSA) is 97.9 Å². The Labute approximate surface area is 170 Å². The van der Waals surface area contributed by atoms with Crippen molar-refractivity contribution < 1.29 is 4.79 Å². The first kappa shape index (κ1) is 19.1. The summed E-state index contributed by atoms with van der Waals surface area (Å²) in [5, 5.41) is 6.61. The summed E-state index contributed by atoms with van der Waals surface area (Å²) < 4.78 is 2.03. The van der Waals surface area contributed by atoms with E-state index >= 15 is 0 Å². The van der Waals surface area contributed by atoms with E-state index < -0.39 is 0 Å². The van der Waals surface area contributed by atoms with Gasteiger partial charge in [-0.3, -0.25) is 4.79 Å². The number of ketones is 1. The molecule has 0 unspecified atom stereocenters. The zero-order chi connectivity index (χ0) is 20.2. The van der Waals surface area contributed by atoms with Crippen molar-refractivity contribution in [1.29, 1.82) is 0 Å². The van der Waals surface area contributed by atoms with Gasteiger partial charge in [-0.25, -0.2) is 4.98 Å².